The maximum absolute atomic E-state index is 13.8. The minimum absolute atomic E-state index is 0.256. The topological polar surface area (TPSA) is 109 Å². The summed E-state index contributed by atoms with van der Waals surface area (Å²) < 4.78 is 28.3. The molecule has 0 bridgehead atoms. The summed E-state index contributed by atoms with van der Waals surface area (Å²) in [6.07, 6.45) is 4.14. The van der Waals surface area contributed by atoms with E-state index >= 15 is 0 Å². The predicted octanol–water partition coefficient (Wildman–Crippen LogP) is 3.48. The number of para-hydroxylation sites is 1. The van der Waals surface area contributed by atoms with E-state index in [2.05, 4.69) is 4.98 Å². The lowest BCUT2D eigenvalue weighted by atomic mass is 9.97. The molecule has 0 unspecified atom stereocenters. The van der Waals surface area contributed by atoms with Crippen LogP contribution in [0, 0.1) is 0 Å². The highest BCUT2D eigenvalue weighted by atomic mass is 32.2. The lowest BCUT2D eigenvalue weighted by Crippen LogP contribution is -2.36. The van der Waals surface area contributed by atoms with Crippen LogP contribution in [0.5, 0.6) is 5.88 Å². The van der Waals surface area contributed by atoms with Gasteiger partial charge in [-0.1, -0.05) is 45.4 Å². The third kappa shape index (κ3) is 4.62. The van der Waals surface area contributed by atoms with Gasteiger partial charge in [-0.3, -0.25) is 9.36 Å². The van der Waals surface area contributed by atoms with Gasteiger partial charge in [0.2, 0.25) is 5.88 Å². The molecule has 7 nitrogen and oxygen atoms in total. The molecule has 2 aromatic rings. The van der Waals surface area contributed by atoms with Crippen LogP contribution in [-0.2, 0) is 29.1 Å². The van der Waals surface area contributed by atoms with Gasteiger partial charge < -0.3 is 10.2 Å². The summed E-state index contributed by atoms with van der Waals surface area (Å²) >= 11 is 0. The molecule has 32 heavy (non-hydrogen) atoms. The van der Waals surface area contributed by atoms with Gasteiger partial charge in [-0.2, -0.15) is 4.98 Å². The molecule has 0 atom stereocenters. The van der Waals surface area contributed by atoms with Gasteiger partial charge in [-0.25, -0.2) is 8.42 Å². The zero-order chi connectivity index (χ0) is 23.5. The van der Waals surface area contributed by atoms with Crippen LogP contribution in [0.1, 0.15) is 76.2 Å². The van der Waals surface area contributed by atoms with Gasteiger partial charge >= 0.3 is 0 Å². The number of hydrogen-bond donors (Lipinski definition) is 2. The Balaban J connectivity index is 2.29. The Kier molecular flexibility index (Phi) is 7.77. The van der Waals surface area contributed by atoms with Crippen molar-refractivity contribution in [1.29, 1.82) is 0 Å². The zero-order valence-electron chi connectivity index (χ0n) is 19.2. The molecule has 1 aromatic carbocycles. The molecule has 176 valence electrons. The maximum atomic E-state index is 13.8. The highest BCUT2D eigenvalue weighted by Crippen LogP contribution is 2.32. The zero-order valence-corrected chi connectivity index (χ0v) is 20.0. The third-order valence-corrected chi connectivity index (χ3v) is 8.68. The second kappa shape index (κ2) is 10.2. The van der Waals surface area contributed by atoms with Gasteiger partial charge in [0.15, 0.2) is 14.7 Å². The van der Waals surface area contributed by atoms with Crippen molar-refractivity contribution >= 4 is 9.84 Å². The molecule has 0 spiro atoms. The number of aryl methyl sites for hydroxylation is 3. The first-order valence-electron chi connectivity index (χ1n) is 11.6. The van der Waals surface area contributed by atoms with E-state index in [0.29, 0.717) is 43.6 Å². The molecule has 2 N–H and O–H groups in total. The van der Waals surface area contributed by atoms with Gasteiger partial charge in [0.1, 0.15) is 5.82 Å². The fourth-order valence-corrected chi connectivity index (χ4v) is 6.40. The van der Waals surface area contributed by atoms with Crippen molar-refractivity contribution in [2.45, 2.75) is 94.8 Å². The van der Waals surface area contributed by atoms with Crippen LogP contribution in [0.4, 0.5) is 0 Å². The SMILES string of the molecule is CCCCc1nc(O)c(S(=O)(=O)C2CCC(O)CC2)c(=O)n1-c1c(CC)cccc1CC. The Hall–Kier alpha value is -2.19. The van der Waals surface area contributed by atoms with E-state index in [0.717, 1.165) is 24.0 Å². The van der Waals surface area contributed by atoms with E-state index in [4.69, 9.17) is 0 Å². The van der Waals surface area contributed by atoms with Crippen molar-refractivity contribution in [3.63, 3.8) is 0 Å². The monoisotopic (exact) mass is 462 g/mol. The molecule has 1 fully saturated rings. The number of sulfone groups is 1. The summed E-state index contributed by atoms with van der Waals surface area (Å²) in [4.78, 5) is 17.4. The molecule has 0 amide bonds. The summed E-state index contributed by atoms with van der Waals surface area (Å²) in [7, 11) is -4.11. The second-order valence-electron chi connectivity index (χ2n) is 8.53. The Morgan fingerprint density at radius 3 is 2.19 bits per heavy atom. The van der Waals surface area contributed by atoms with Gasteiger partial charge in [0.25, 0.3) is 5.56 Å². The van der Waals surface area contributed by atoms with Crippen LogP contribution >= 0.6 is 0 Å². The highest BCUT2D eigenvalue weighted by Gasteiger charge is 2.37. The second-order valence-corrected chi connectivity index (χ2v) is 10.7. The first kappa shape index (κ1) is 24.5. The van der Waals surface area contributed by atoms with E-state index < -0.39 is 37.5 Å². The molecule has 0 radical (unpaired) electrons. The quantitative estimate of drug-likeness (QED) is 0.622. The van der Waals surface area contributed by atoms with E-state index in [1.54, 1.807) is 0 Å². The average Bonchev–Trinajstić information content (AvgIpc) is 2.77. The highest BCUT2D eigenvalue weighted by molar-refractivity contribution is 7.92. The van der Waals surface area contributed by atoms with Crippen molar-refractivity contribution in [2.24, 2.45) is 0 Å². The van der Waals surface area contributed by atoms with Crippen LogP contribution in [0.15, 0.2) is 27.9 Å². The summed E-state index contributed by atoms with van der Waals surface area (Å²) in [5, 5.41) is 19.6. The van der Waals surface area contributed by atoms with E-state index in [1.807, 2.05) is 39.0 Å². The van der Waals surface area contributed by atoms with Crippen molar-refractivity contribution in [3.8, 4) is 11.6 Å². The first-order valence-corrected chi connectivity index (χ1v) is 13.2. The first-order chi connectivity index (χ1) is 15.3. The van der Waals surface area contributed by atoms with Crippen LogP contribution < -0.4 is 5.56 Å². The molecule has 0 aliphatic heterocycles. The van der Waals surface area contributed by atoms with Crippen molar-refractivity contribution < 1.29 is 18.6 Å². The van der Waals surface area contributed by atoms with Crippen LogP contribution in [0.2, 0.25) is 0 Å². The van der Waals surface area contributed by atoms with E-state index in [-0.39, 0.29) is 12.8 Å². The summed E-state index contributed by atoms with van der Waals surface area (Å²) in [6, 6.07) is 5.82. The number of aromatic hydroxyl groups is 1. The summed E-state index contributed by atoms with van der Waals surface area (Å²) in [5.74, 6) is -0.335. The van der Waals surface area contributed by atoms with Crippen molar-refractivity contribution in [1.82, 2.24) is 9.55 Å². The molecule has 1 aliphatic carbocycles. The van der Waals surface area contributed by atoms with Gasteiger partial charge in [-0.05, 0) is 56.1 Å². The van der Waals surface area contributed by atoms with Crippen molar-refractivity contribution in [2.75, 3.05) is 0 Å². The number of hydrogen-bond acceptors (Lipinski definition) is 6. The molecule has 1 aromatic heterocycles. The molecular formula is C24H34N2O5S. The Morgan fingerprint density at radius 1 is 1.06 bits per heavy atom. The smallest absolute Gasteiger partial charge is 0.280 e. The summed E-state index contributed by atoms with van der Waals surface area (Å²) in [6.45, 7) is 6.01. The molecule has 1 saturated carbocycles. The van der Waals surface area contributed by atoms with Gasteiger partial charge in [-0.15, -0.1) is 0 Å². The fourth-order valence-electron chi connectivity index (χ4n) is 4.54. The number of aliphatic hydroxyl groups is 1. The van der Waals surface area contributed by atoms with E-state index in [1.165, 1.54) is 4.57 Å². The van der Waals surface area contributed by atoms with Gasteiger partial charge in [0, 0.05) is 6.42 Å². The number of aliphatic hydroxyl groups excluding tert-OH is 1. The molecular weight excluding hydrogens is 428 g/mol. The third-order valence-electron chi connectivity index (χ3n) is 6.40. The van der Waals surface area contributed by atoms with Gasteiger partial charge in [0.05, 0.1) is 17.0 Å². The Bertz CT molecular complexity index is 1090. The summed E-state index contributed by atoms with van der Waals surface area (Å²) in [5.41, 5.74) is 1.81. The number of rotatable bonds is 8. The average molecular weight is 463 g/mol. The van der Waals surface area contributed by atoms with Crippen LogP contribution in [0.3, 0.4) is 0 Å². The number of nitrogens with zero attached hydrogens (tertiary/aromatic N) is 2. The number of unbranched alkanes of at least 4 members (excludes halogenated alkanes) is 1. The standard InChI is InChI=1S/C24H34N2O5S/c1-4-7-11-20-25-23(28)22(32(30,31)19-14-12-18(27)13-15-19)24(29)26(20)21-16(5-2)9-8-10-17(21)6-3/h8-10,18-19,27-28H,4-7,11-15H2,1-3H3. The normalized spacial score (nSPS) is 19.2. The Morgan fingerprint density at radius 2 is 1.66 bits per heavy atom. The molecule has 8 heteroatoms. The fraction of sp³-hybridized carbons (Fsp3) is 0.583. The van der Waals surface area contributed by atoms with Crippen LogP contribution in [0.25, 0.3) is 5.69 Å². The number of aromatic nitrogens is 2. The lowest BCUT2D eigenvalue weighted by molar-refractivity contribution is 0.131. The molecule has 3 rings (SSSR count). The largest absolute Gasteiger partial charge is 0.492 e. The minimum atomic E-state index is -4.11. The van der Waals surface area contributed by atoms with Crippen LogP contribution in [-0.4, -0.2) is 39.5 Å². The molecule has 1 aliphatic rings. The van der Waals surface area contributed by atoms with Crippen molar-refractivity contribution in [3.05, 3.63) is 45.5 Å². The minimum Gasteiger partial charge on any atom is -0.492 e. The number of benzene rings is 1. The maximum Gasteiger partial charge on any atom is 0.280 e. The molecule has 0 saturated heterocycles. The lowest BCUT2D eigenvalue weighted by Gasteiger charge is -2.26. The van der Waals surface area contributed by atoms with E-state index in [9.17, 15) is 23.4 Å². The Labute approximate surface area is 190 Å². The predicted molar refractivity (Wildman–Crippen MR) is 124 cm³/mol. The molecule has 1 heterocycles.